The zero-order valence-electron chi connectivity index (χ0n) is 29.1. The number of carbonyl (C=O) groups excluding carboxylic acids is 1. The van der Waals surface area contributed by atoms with E-state index < -0.39 is 11.5 Å². The Labute approximate surface area is 291 Å². The highest BCUT2D eigenvalue weighted by Gasteiger charge is 2.34. The minimum Gasteiger partial charge on any atom is -0.349 e. The van der Waals surface area contributed by atoms with Crippen molar-refractivity contribution in [2.24, 2.45) is 0 Å². The van der Waals surface area contributed by atoms with E-state index >= 15 is 4.39 Å². The van der Waals surface area contributed by atoms with Gasteiger partial charge in [0.05, 0.1) is 39.7 Å². The number of benzene rings is 1. The molecule has 258 valence electrons. The van der Waals surface area contributed by atoms with Crippen LogP contribution in [0.25, 0.3) is 28.0 Å². The summed E-state index contributed by atoms with van der Waals surface area (Å²) in [6.45, 7) is 19.3. The maximum atomic E-state index is 15.3. The molecule has 2 atom stereocenters. The molecule has 2 unspecified atom stereocenters. The van der Waals surface area contributed by atoms with Gasteiger partial charge in [0.1, 0.15) is 17.5 Å². The number of rotatable bonds is 8. The Balaban J connectivity index is 1.64. The molecule has 0 bridgehead atoms. The monoisotopic (exact) mass is 686 g/mol. The van der Waals surface area contributed by atoms with Crippen LogP contribution in [0.3, 0.4) is 0 Å². The molecule has 10 nitrogen and oxygen atoms in total. The van der Waals surface area contributed by atoms with Crippen molar-refractivity contribution in [3.63, 3.8) is 0 Å². The Kier molecular flexibility index (Phi) is 9.86. The lowest BCUT2D eigenvalue weighted by molar-refractivity contribution is -0.128. The van der Waals surface area contributed by atoms with Gasteiger partial charge in [-0.25, -0.2) is 28.7 Å². The van der Waals surface area contributed by atoms with E-state index in [0.717, 1.165) is 31.8 Å². The lowest BCUT2D eigenvalue weighted by Gasteiger charge is -2.44. The minimum absolute atomic E-state index is 0.0656. The average Bonchev–Trinajstić information content (AvgIpc) is 3.58. The number of hydrogen-bond acceptors (Lipinski definition) is 8. The van der Waals surface area contributed by atoms with Gasteiger partial charge in [-0.05, 0) is 75.9 Å². The molecule has 0 spiro atoms. The van der Waals surface area contributed by atoms with Crippen LogP contribution in [0.15, 0.2) is 47.8 Å². The summed E-state index contributed by atoms with van der Waals surface area (Å²) in [6.07, 6.45) is 3.63. The van der Waals surface area contributed by atoms with Crippen molar-refractivity contribution in [1.82, 2.24) is 34.3 Å². The van der Waals surface area contributed by atoms with Crippen LogP contribution in [0, 0.1) is 5.82 Å². The highest BCUT2D eigenvalue weighted by atomic mass is 35.5. The molecule has 12 heteroatoms. The standard InChI is InChI=1S/C37H44ClFN8O2/c1-8-30(48)45-18-24(7)46(19-23(45)6)35-26-17-27(38)33(25-13-9-10-14-28(25)39)42-36(26)47(37(49)43-35)34-31(21(2)3)40-29(41-32(34)22(4)5)20-44-15-11-12-16-44/h8-10,13-14,17,21-24H,1,11-12,15-16,18-20H2,2-7H3. The second-order valence-corrected chi connectivity index (χ2v) is 14.2. The summed E-state index contributed by atoms with van der Waals surface area (Å²) in [6, 6.07) is 7.65. The van der Waals surface area contributed by atoms with E-state index in [2.05, 4.69) is 11.5 Å². The highest BCUT2D eigenvalue weighted by Crippen LogP contribution is 2.37. The van der Waals surface area contributed by atoms with Crippen LogP contribution in [0.5, 0.6) is 0 Å². The number of amides is 1. The Morgan fingerprint density at radius 1 is 1.00 bits per heavy atom. The topological polar surface area (TPSA) is 100 Å². The van der Waals surface area contributed by atoms with Gasteiger partial charge in [-0.1, -0.05) is 58.0 Å². The van der Waals surface area contributed by atoms with Crippen molar-refractivity contribution in [2.45, 2.75) is 84.8 Å². The third-order valence-corrected chi connectivity index (χ3v) is 9.80. The van der Waals surface area contributed by atoms with Gasteiger partial charge in [0.2, 0.25) is 5.91 Å². The van der Waals surface area contributed by atoms with Crippen molar-refractivity contribution < 1.29 is 9.18 Å². The van der Waals surface area contributed by atoms with E-state index in [1.807, 2.05) is 46.4 Å². The number of hydrogen-bond donors (Lipinski definition) is 0. The van der Waals surface area contributed by atoms with E-state index in [4.69, 9.17) is 31.5 Å². The van der Waals surface area contributed by atoms with E-state index in [-0.39, 0.29) is 51.8 Å². The molecule has 0 aliphatic carbocycles. The predicted molar refractivity (Wildman–Crippen MR) is 192 cm³/mol. The molecular weight excluding hydrogens is 643 g/mol. The summed E-state index contributed by atoms with van der Waals surface area (Å²) in [5.41, 5.74) is 2.13. The number of fused-ring (bicyclic) bond motifs is 1. The van der Waals surface area contributed by atoms with Gasteiger partial charge in [0.15, 0.2) is 5.65 Å². The first-order chi connectivity index (χ1) is 23.4. The summed E-state index contributed by atoms with van der Waals surface area (Å²) < 4.78 is 16.7. The van der Waals surface area contributed by atoms with Crippen LogP contribution in [0.2, 0.25) is 5.02 Å². The Hall–Kier alpha value is -4.22. The second kappa shape index (κ2) is 14.0. The van der Waals surface area contributed by atoms with Crippen LogP contribution in [-0.4, -0.2) is 78.5 Å². The number of halogens is 2. The van der Waals surface area contributed by atoms with Gasteiger partial charge >= 0.3 is 5.69 Å². The normalized spacial score (nSPS) is 18.7. The number of piperazine rings is 1. The summed E-state index contributed by atoms with van der Waals surface area (Å²) in [5.74, 6) is 0.359. The Morgan fingerprint density at radius 2 is 1.65 bits per heavy atom. The third kappa shape index (κ3) is 6.58. The van der Waals surface area contributed by atoms with Gasteiger partial charge in [0.25, 0.3) is 0 Å². The van der Waals surface area contributed by atoms with E-state index in [1.165, 1.54) is 16.7 Å². The zero-order valence-corrected chi connectivity index (χ0v) is 29.8. The number of likely N-dealkylation sites (tertiary alicyclic amines) is 1. The third-order valence-electron chi connectivity index (χ3n) is 9.51. The molecule has 6 rings (SSSR count). The highest BCUT2D eigenvalue weighted by molar-refractivity contribution is 6.33. The van der Waals surface area contributed by atoms with Crippen LogP contribution in [0.4, 0.5) is 10.2 Å². The summed E-state index contributed by atoms with van der Waals surface area (Å²) in [5, 5.41) is 0.746. The second-order valence-electron chi connectivity index (χ2n) is 13.8. The summed E-state index contributed by atoms with van der Waals surface area (Å²) >= 11 is 6.92. The minimum atomic E-state index is -0.555. The first-order valence-electron chi connectivity index (χ1n) is 17.1. The lowest BCUT2D eigenvalue weighted by Crippen LogP contribution is -2.58. The number of anilines is 1. The molecule has 0 N–H and O–H groups in total. The summed E-state index contributed by atoms with van der Waals surface area (Å²) in [7, 11) is 0. The van der Waals surface area contributed by atoms with Gasteiger partial charge < -0.3 is 9.80 Å². The molecule has 1 aromatic carbocycles. The molecular formula is C37H44ClFN8O2. The fourth-order valence-corrected chi connectivity index (χ4v) is 7.25. The molecule has 0 radical (unpaired) electrons. The van der Waals surface area contributed by atoms with E-state index in [1.54, 1.807) is 29.2 Å². The predicted octanol–water partition coefficient (Wildman–Crippen LogP) is 6.48. The Bertz CT molecular complexity index is 1940. The van der Waals surface area contributed by atoms with Crippen LogP contribution in [0.1, 0.15) is 83.4 Å². The number of carbonyl (C=O) groups is 1. The molecule has 1 amide bonds. The van der Waals surface area contributed by atoms with Gasteiger partial charge in [0, 0.05) is 30.7 Å². The number of aromatic nitrogens is 5. The lowest BCUT2D eigenvalue weighted by atomic mass is 10.0. The fraction of sp³-hybridized carbons (Fsp3) is 0.459. The van der Waals surface area contributed by atoms with Gasteiger partial charge in [-0.15, -0.1) is 0 Å². The fourth-order valence-electron chi connectivity index (χ4n) is 7.00. The van der Waals surface area contributed by atoms with E-state index in [0.29, 0.717) is 47.9 Å². The molecule has 2 saturated heterocycles. The molecule has 49 heavy (non-hydrogen) atoms. The molecule has 5 heterocycles. The first-order valence-corrected chi connectivity index (χ1v) is 17.5. The first kappa shape index (κ1) is 34.6. The van der Waals surface area contributed by atoms with E-state index in [9.17, 15) is 9.59 Å². The van der Waals surface area contributed by atoms with Crippen molar-refractivity contribution in [1.29, 1.82) is 0 Å². The molecule has 4 aromatic rings. The maximum absolute atomic E-state index is 15.3. The van der Waals surface area contributed by atoms with Gasteiger partial charge in [-0.2, -0.15) is 4.98 Å². The van der Waals surface area contributed by atoms with Crippen molar-refractivity contribution in [3.05, 3.63) is 81.5 Å². The number of pyridine rings is 1. The molecule has 0 saturated carbocycles. The molecule has 2 aliphatic rings. The SMILES string of the molecule is C=CC(=O)N1CC(C)N(c2nc(=O)n(-c3c(C(C)C)nc(CN4CCCC4)nc3C(C)C)c3nc(-c4ccccc4F)c(Cl)cc23)CC1C. The smallest absolute Gasteiger partial charge is 0.349 e. The van der Waals surface area contributed by atoms with Crippen molar-refractivity contribution in [2.75, 3.05) is 31.1 Å². The van der Waals surface area contributed by atoms with Crippen LogP contribution in [-0.2, 0) is 11.3 Å². The maximum Gasteiger partial charge on any atom is 0.355 e. The Morgan fingerprint density at radius 3 is 2.27 bits per heavy atom. The zero-order chi connectivity index (χ0) is 35.1. The van der Waals surface area contributed by atoms with Gasteiger partial charge in [-0.3, -0.25) is 9.69 Å². The molecule has 3 aromatic heterocycles. The quantitative estimate of drug-likeness (QED) is 0.194. The summed E-state index contributed by atoms with van der Waals surface area (Å²) in [4.78, 5) is 53.2. The molecule has 2 fully saturated rings. The van der Waals surface area contributed by atoms with Crippen LogP contribution >= 0.6 is 11.6 Å². The average molecular weight is 687 g/mol. The van der Waals surface area contributed by atoms with Crippen LogP contribution < -0.4 is 10.6 Å². The largest absolute Gasteiger partial charge is 0.355 e. The van der Waals surface area contributed by atoms with Crippen molar-refractivity contribution >= 4 is 34.4 Å². The van der Waals surface area contributed by atoms with Crippen molar-refractivity contribution in [3.8, 4) is 16.9 Å². The molecule has 2 aliphatic heterocycles. The number of nitrogens with zero attached hydrogens (tertiary/aromatic N) is 8.